The normalized spacial score (nSPS) is 9.71. The molecule has 0 aliphatic heterocycles. The van der Waals surface area contributed by atoms with Gasteiger partial charge in [0, 0.05) is 11.6 Å². The molecule has 0 heterocycles. The quantitative estimate of drug-likeness (QED) is 0.469. The summed E-state index contributed by atoms with van der Waals surface area (Å²) in [6, 6.07) is 1.52. The Balaban J connectivity index is 3.21. The number of nitro benzene ring substituents is 1. The molecule has 0 aliphatic rings. The first-order valence-corrected chi connectivity index (χ1v) is 4.23. The van der Waals surface area contributed by atoms with Crippen LogP contribution in [0.2, 0.25) is 0 Å². The highest BCUT2D eigenvalue weighted by Crippen LogP contribution is 2.31. The molecule has 0 aliphatic carbocycles. The monoisotopic (exact) mass is 243 g/mol. The van der Waals surface area contributed by atoms with Gasteiger partial charge in [0.2, 0.25) is 5.75 Å². The molecule has 1 rings (SSSR count). The first-order valence-electron chi connectivity index (χ1n) is 4.23. The summed E-state index contributed by atoms with van der Waals surface area (Å²) < 4.78 is 17.8. The molecule has 0 amide bonds. The predicted molar refractivity (Wildman–Crippen MR) is 51.6 cm³/mol. The van der Waals surface area contributed by atoms with Crippen molar-refractivity contribution in [1.29, 1.82) is 0 Å². The van der Waals surface area contributed by atoms with Crippen molar-refractivity contribution in [3.63, 3.8) is 0 Å². The minimum Gasteiger partial charge on any atom is -0.479 e. The Hall–Kier alpha value is -2.51. The van der Waals surface area contributed by atoms with Crippen molar-refractivity contribution in [2.24, 2.45) is 0 Å². The molecule has 0 saturated carbocycles. The first-order chi connectivity index (χ1) is 7.95. The van der Waals surface area contributed by atoms with Gasteiger partial charge in [-0.25, -0.2) is 9.18 Å². The van der Waals surface area contributed by atoms with E-state index in [-0.39, 0.29) is 11.8 Å². The highest BCUT2D eigenvalue weighted by molar-refractivity contribution is 5.77. The van der Waals surface area contributed by atoms with Gasteiger partial charge in [-0.2, -0.15) is 0 Å². The van der Waals surface area contributed by atoms with Crippen LogP contribution in [0.1, 0.15) is 10.4 Å². The lowest BCUT2D eigenvalue weighted by molar-refractivity contribution is -0.386. The Kier molecular flexibility index (Phi) is 3.70. The number of hydrogen-bond acceptors (Lipinski definition) is 5. The van der Waals surface area contributed by atoms with E-state index in [2.05, 4.69) is 4.74 Å². The fourth-order valence-electron chi connectivity index (χ4n) is 1.08. The molecule has 1 aromatic rings. The zero-order valence-corrected chi connectivity index (χ0v) is 8.25. The van der Waals surface area contributed by atoms with E-state index in [1.54, 1.807) is 0 Å². The number of benzene rings is 1. The van der Waals surface area contributed by atoms with Crippen LogP contribution in [-0.4, -0.2) is 28.9 Å². The van der Waals surface area contributed by atoms with Crippen LogP contribution >= 0.6 is 0 Å². The Morgan fingerprint density at radius 1 is 1.59 bits per heavy atom. The zero-order chi connectivity index (χ0) is 13.0. The number of carbonyl (C=O) groups excluding carboxylic acids is 1. The van der Waals surface area contributed by atoms with Crippen LogP contribution in [-0.2, 0) is 4.79 Å². The number of carbonyl (C=O) groups is 2. The molecule has 0 unspecified atom stereocenters. The lowest BCUT2D eigenvalue weighted by Gasteiger charge is -2.05. The van der Waals surface area contributed by atoms with Gasteiger partial charge in [-0.05, 0) is 6.07 Å². The minimum absolute atomic E-state index is 0.233. The Morgan fingerprint density at radius 2 is 2.24 bits per heavy atom. The molecule has 8 heteroatoms. The van der Waals surface area contributed by atoms with Gasteiger partial charge < -0.3 is 9.84 Å². The van der Waals surface area contributed by atoms with Gasteiger partial charge in [0.1, 0.15) is 6.29 Å². The average Bonchev–Trinajstić information content (AvgIpc) is 2.25. The van der Waals surface area contributed by atoms with Gasteiger partial charge in [0.05, 0.1) is 4.92 Å². The fourth-order valence-corrected chi connectivity index (χ4v) is 1.08. The molecule has 0 aromatic heterocycles. The topological polar surface area (TPSA) is 107 Å². The number of halogens is 1. The first kappa shape index (κ1) is 12.6. The second-order valence-corrected chi connectivity index (χ2v) is 2.91. The molecule has 1 N–H and O–H groups in total. The van der Waals surface area contributed by atoms with Gasteiger partial charge in [0.25, 0.3) is 0 Å². The standard InChI is InChI=1S/C9H6FNO6/c10-6-1-5(3-12)2-7(11(15)16)9(6)17-4-8(13)14/h1-3H,4H2,(H,13,14). The van der Waals surface area contributed by atoms with Gasteiger partial charge >= 0.3 is 11.7 Å². The SMILES string of the molecule is O=Cc1cc(F)c(OCC(=O)O)c([N+](=O)[O-])c1. The van der Waals surface area contributed by atoms with Gasteiger partial charge in [-0.3, -0.25) is 14.9 Å². The Morgan fingerprint density at radius 3 is 2.71 bits per heavy atom. The van der Waals surface area contributed by atoms with E-state index < -0.39 is 34.8 Å². The van der Waals surface area contributed by atoms with E-state index >= 15 is 0 Å². The van der Waals surface area contributed by atoms with Crippen molar-refractivity contribution < 1.29 is 28.7 Å². The van der Waals surface area contributed by atoms with Crippen LogP contribution in [0.4, 0.5) is 10.1 Å². The van der Waals surface area contributed by atoms with Gasteiger partial charge in [0.15, 0.2) is 12.4 Å². The van der Waals surface area contributed by atoms with Gasteiger partial charge in [-0.15, -0.1) is 0 Å². The average molecular weight is 243 g/mol. The number of carboxylic acid groups (broad SMARTS) is 1. The number of rotatable bonds is 5. The molecule has 0 spiro atoms. The van der Waals surface area contributed by atoms with Crippen LogP contribution in [0.5, 0.6) is 5.75 Å². The summed E-state index contributed by atoms with van der Waals surface area (Å²) in [5, 5.41) is 18.9. The smallest absolute Gasteiger partial charge is 0.341 e. The number of aliphatic carboxylic acids is 1. The third-order valence-electron chi connectivity index (χ3n) is 1.72. The van der Waals surface area contributed by atoms with E-state index in [4.69, 9.17) is 5.11 Å². The van der Waals surface area contributed by atoms with Crippen molar-refractivity contribution in [1.82, 2.24) is 0 Å². The second kappa shape index (κ2) is 5.01. The van der Waals surface area contributed by atoms with Crippen LogP contribution in [0.3, 0.4) is 0 Å². The molecule has 17 heavy (non-hydrogen) atoms. The Bertz CT molecular complexity index is 487. The summed E-state index contributed by atoms with van der Waals surface area (Å²) in [6.45, 7) is -0.918. The van der Waals surface area contributed by atoms with E-state index in [0.717, 1.165) is 12.1 Å². The maximum atomic E-state index is 13.3. The van der Waals surface area contributed by atoms with Crippen molar-refractivity contribution >= 4 is 17.9 Å². The molecule has 0 atom stereocenters. The summed E-state index contributed by atoms with van der Waals surface area (Å²) in [5.74, 6) is -3.37. The van der Waals surface area contributed by atoms with Crippen molar-refractivity contribution in [2.45, 2.75) is 0 Å². The molecule has 0 radical (unpaired) electrons. The zero-order valence-electron chi connectivity index (χ0n) is 8.25. The number of hydrogen-bond donors (Lipinski definition) is 1. The van der Waals surface area contributed by atoms with Crippen LogP contribution < -0.4 is 4.74 Å². The molecule has 0 fully saturated rings. The van der Waals surface area contributed by atoms with E-state index in [9.17, 15) is 24.1 Å². The number of ether oxygens (including phenoxy) is 1. The molecule has 1 aromatic carbocycles. The largest absolute Gasteiger partial charge is 0.479 e. The lowest BCUT2D eigenvalue weighted by Crippen LogP contribution is -2.11. The van der Waals surface area contributed by atoms with E-state index in [0.29, 0.717) is 0 Å². The van der Waals surface area contributed by atoms with Gasteiger partial charge in [-0.1, -0.05) is 0 Å². The van der Waals surface area contributed by atoms with Crippen molar-refractivity contribution in [2.75, 3.05) is 6.61 Å². The predicted octanol–water partition coefficient (Wildman–Crippen LogP) is 1.01. The molecular weight excluding hydrogens is 237 g/mol. The number of nitro groups is 1. The number of aldehydes is 1. The third kappa shape index (κ3) is 2.97. The van der Waals surface area contributed by atoms with Crippen LogP contribution in [0, 0.1) is 15.9 Å². The Labute approximate surface area is 93.6 Å². The molecule has 0 saturated heterocycles. The summed E-state index contributed by atoms with van der Waals surface area (Å²) >= 11 is 0. The highest BCUT2D eigenvalue weighted by Gasteiger charge is 2.22. The third-order valence-corrected chi connectivity index (χ3v) is 1.72. The fraction of sp³-hybridized carbons (Fsp3) is 0.111. The molecule has 7 nitrogen and oxygen atoms in total. The highest BCUT2D eigenvalue weighted by atomic mass is 19.1. The van der Waals surface area contributed by atoms with Crippen LogP contribution in [0.25, 0.3) is 0 Å². The lowest BCUT2D eigenvalue weighted by atomic mass is 10.2. The number of nitrogens with zero attached hydrogens (tertiary/aromatic N) is 1. The maximum Gasteiger partial charge on any atom is 0.341 e. The summed E-state index contributed by atoms with van der Waals surface area (Å²) in [4.78, 5) is 30.2. The summed E-state index contributed by atoms with van der Waals surface area (Å²) in [6.07, 6.45) is 0.233. The summed E-state index contributed by atoms with van der Waals surface area (Å²) in [7, 11) is 0. The van der Waals surface area contributed by atoms with Crippen molar-refractivity contribution in [3.05, 3.63) is 33.6 Å². The van der Waals surface area contributed by atoms with Crippen LogP contribution in [0.15, 0.2) is 12.1 Å². The van der Waals surface area contributed by atoms with E-state index in [1.165, 1.54) is 0 Å². The van der Waals surface area contributed by atoms with Crippen molar-refractivity contribution in [3.8, 4) is 5.75 Å². The maximum absolute atomic E-state index is 13.3. The molecule has 0 bridgehead atoms. The summed E-state index contributed by atoms with van der Waals surface area (Å²) in [5.41, 5.74) is -1.04. The second-order valence-electron chi connectivity index (χ2n) is 2.91. The number of carboxylic acids is 1. The minimum atomic E-state index is -1.40. The van der Waals surface area contributed by atoms with E-state index in [1.807, 2.05) is 0 Å². The molecular formula is C9H6FNO6. The molecule has 90 valence electrons.